The Hall–Kier alpha value is -7.63. The van der Waals surface area contributed by atoms with Gasteiger partial charge in [0.1, 0.15) is 48.0 Å². The Morgan fingerprint density at radius 3 is 1.70 bits per heavy atom. The number of aliphatic carboxylic acids is 2. The highest BCUT2D eigenvalue weighted by Crippen LogP contribution is 2.26. The molecule has 2 heterocycles. The number of nitrogens with zero attached hydrogens (tertiary/aromatic N) is 2. The summed E-state index contributed by atoms with van der Waals surface area (Å²) in [6, 6.07) is 3.65. The van der Waals surface area contributed by atoms with E-state index in [0.717, 1.165) is 0 Å². The van der Waals surface area contributed by atoms with Crippen molar-refractivity contribution in [3.8, 4) is 5.75 Å². The van der Waals surface area contributed by atoms with E-state index in [1.54, 1.807) is 58.0 Å². The minimum Gasteiger partial charge on any atom is -0.508 e. The minimum atomic E-state index is -1.82. The van der Waals surface area contributed by atoms with Crippen molar-refractivity contribution in [1.29, 1.82) is 0 Å². The number of hydrogen-bond acceptors (Lipinski definition) is 13. The predicted octanol–water partition coefficient (Wildman–Crippen LogP) is -1.45. The smallest absolute Gasteiger partial charge is 0.326 e. The fourth-order valence-electron chi connectivity index (χ4n) is 8.65. The van der Waals surface area contributed by atoms with E-state index in [2.05, 4.69) is 31.9 Å². The van der Waals surface area contributed by atoms with Gasteiger partial charge in [-0.05, 0) is 73.6 Å². The van der Waals surface area contributed by atoms with Crippen molar-refractivity contribution in [2.75, 3.05) is 19.6 Å². The zero-order valence-corrected chi connectivity index (χ0v) is 42.0. The van der Waals surface area contributed by atoms with Gasteiger partial charge in [-0.1, -0.05) is 70.2 Å². The number of carboxylic acids is 2. The number of aromatic hydroxyl groups is 1. The highest BCUT2D eigenvalue weighted by Gasteiger charge is 2.43. The standard InChI is InChI=1S/C50H70N10O14/c1-27(2)22-33(43(66)57-34(23-29-10-6-5-7-11-29)44(67)55-32(50(73)74)18-19-39(51)62)56-45(68)35(24-30-14-16-31(61)17-15-30)58-46(69)36(25-41(64)65)54-40(63)26-53-47(70)37-12-8-20-59(37)48(71)38-13-9-21-60(38)49(72)42(52)28(3)4/h5-7,10-11,14-17,27-28,32-38,42,61H,8-9,12-13,18-26,52H2,1-4H3,(H2,51,62)(H,53,70)(H,54,63)(H,55,67)(H,56,68)(H,57,66)(H,58,69)(H,64,65)(H,73,74)/t32-,33-,34-,35-,36-,37-,38-,42-/m0/s1. The van der Waals surface area contributed by atoms with E-state index < -0.39 is 120 Å². The van der Waals surface area contributed by atoms with Crippen LogP contribution < -0.4 is 43.4 Å². The number of phenolic OH excluding ortho intramolecular Hbond substituents is 1. The van der Waals surface area contributed by atoms with Crippen LogP contribution in [0.5, 0.6) is 5.75 Å². The molecule has 0 aromatic heterocycles. The SMILES string of the molecule is CC(C)C[C@H](NC(=O)[C@H](Cc1ccc(O)cc1)NC(=O)[C@H](CC(=O)O)NC(=O)CNC(=O)[C@@H]1CCCN1C(=O)[C@@H]1CCCN1C(=O)[C@@H](N)C(C)C)C(=O)N[C@@H](Cc1ccccc1)C(=O)N[C@@H](CCC(N)=O)C(=O)O. The third-order valence-corrected chi connectivity index (χ3v) is 12.7. The minimum absolute atomic E-state index is 0.0185. The summed E-state index contributed by atoms with van der Waals surface area (Å²) in [4.78, 5) is 148. The van der Waals surface area contributed by atoms with Crippen LogP contribution in [0.1, 0.15) is 90.2 Å². The van der Waals surface area contributed by atoms with E-state index in [1.165, 1.54) is 34.1 Å². The van der Waals surface area contributed by atoms with Crippen molar-refractivity contribution in [1.82, 2.24) is 41.7 Å². The number of nitrogens with one attached hydrogen (secondary N) is 6. The van der Waals surface area contributed by atoms with Gasteiger partial charge in [0.25, 0.3) is 0 Å². The van der Waals surface area contributed by atoms with E-state index in [9.17, 15) is 68.1 Å². The topological polar surface area (TPSA) is 379 Å². The molecule has 2 aliphatic rings. The van der Waals surface area contributed by atoms with Gasteiger partial charge in [0.2, 0.25) is 53.2 Å². The number of hydrogen-bond donors (Lipinski definition) is 11. The number of phenols is 1. The summed E-state index contributed by atoms with van der Waals surface area (Å²) < 4.78 is 0. The van der Waals surface area contributed by atoms with Crippen LogP contribution in [-0.4, -0.2) is 158 Å². The lowest BCUT2D eigenvalue weighted by Gasteiger charge is -2.32. The molecule has 404 valence electrons. The molecule has 8 atom stereocenters. The zero-order chi connectivity index (χ0) is 54.8. The van der Waals surface area contributed by atoms with Gasteiger partial charge < -0.3 is 68.5 Å². The van der Waals surface area contributed by atoms with Gasteiger partial charge in [-0.2, -0.15) is 0 Å². The van der Waals surface area contributed by atoms with Crippen LogP contribution in [-0.2, 0) is 65.6 Å². The highest BCUT2D eigenvalue weighted by molar-refractivity contribution is 5.98. The van der Waals surface area contributed by atoms with E-state index in [0.29, 0.717) is 36.9 Å². The van der Waals surface area contributed by atoms with Crippen LogP contribution in [0.25, 0.3) is 0 Å². The molecule has 24 nitrogen and oxygen atoms in total. The Balaban J connectivity index is 1.50. The zero-order valence-electron chi connectivity index (χ0n) is 42.0. The average Bonchev–Trinajstić information content (AvgIpc) is 4.05. The molecule has 0 radical (unpaired) electrons. The van der Waals surface area contributed by atoms with Crippen LogP contribution in [0.3, 0.4) is 0 Å². The van der Waals surface area contributed by atoms with Gasteiger partial charge in [0.15, 0.2) is 0 Å². The monoisotopic (exact) mass is 1030 g/mol. The van der Waals surface area contributed by atoms with Crippen molar-refractivity contribution in [3.63, 3.8) is 0 Å². The number of nitrogens with two attached hydrogens (primary N) is 2. The van der Waals surface area contributed by atoms with E-state index in [1.807, 2.05) is 0 Å². The van der Waals surface area contributed by atoms with E-state index in [-0.39, 0.29) is 68.6 Å². The van der Waals surface area contributed by atoms with Crippen molar-refractivity contribution >= 4 is 65.1 Å². The second-order valence-corrected chi connectivity index (χ2v) is 19.4. The van der Waals surface area contributed by atoms with Crippen molar-refractivity contribution in [2.24, 2.45) is 23.3 Å². The first-order valence-electron chi connectivity index (χ1n) is 24.6. The number of carbonyl (C=O) groups is 11. The molecule has 0 aliphatic carbocycles. The molecular weight excluding hydrogens is 965 g/mol. The molecule has 2 saturated heterocycles. The van der Waals surface area contributed by atoms with Gasteiger partial charge in [0, 0.05) is 32.4 Å². The lowest BCUT2D eigenvalue weighted by molar-refractivity contribution is -0.147. The van der Waals surface area contributed by atoms with Crippen LogP contribution in [0.15, 0.2) is 54.6 Å². The third-order valence-electron chi connectivity index (χ3n) is 12.7. The second kappa shape index (κ2) is 28.0. The number of primary amides is 1. The summed E-state index contributed by atoms with van der Waals surface area (Å²) in [5.74, 6) is -10.7. The van der Waals surface area contributed by atoms with Crippen LogP contribution >= 0.6 is 0 Å². The molecule has 2 aromatic carbocycles. The van der Waals surface area contributed by atoms with Gasteiger partial charge in [-0.25, -0.2) is 4.79 Å². The number of rotatable bonds is 27. The molecule has 2 aromatic rings. The first-order chi connectivity index (χ1) is 34.9. The van der Waals surface area contributed by atoms with Crippen molar-refractivity contribution in [3.05, 3.63) is 65.7 Å². The summed E-state index contributed by atoms with van der Waals surface area (Å²) in [5, 5.41) is 44.3. The second-order valence-electron chi connectivity index (χ2n) is 19.4. The molecule has 0 spiro atoms. The highest BCUT2D eigenvalue weighted by atomic mass is 16.4. The molecule has 24 heteroatoms. The van der Waals surface area contributed by atoms with Gasteiger partial charge in [-0.15, -0.1) is 0 Å². The van der Waals surface area contributed by atoms with Crippen LogP contribution in [0.2, 0.25) is 0 Å². The van der Waals surface area contributed by atoms with Crippen LogP contribution in [0.4, 0.5) is 0 Å². The lowest BCUT2D eigenvalue weighted by Crippen LogP contribution is -2.60. The summed E-state index contributed by atoms with van der Waals surface area (Å²) in [7, 11) is 0. The van der Waals surface area contributed by atoms with Gasteiger partial charge in [0.05, 0.1) is 19.0 Å². The first kappa shape index (κ1) is 58.9. The number of carboxylic acid groups (broad SMARTS) is 2. The molecular formula is C50H70N10O14. The molecule has 13 N–H and O–H groups in total. The maximum absolute atomic E-state index is 14.3. The van der Waals surface area contributed by atoms with E-state index in [4.69, 9.17) is 11.5 Å². The largest absolute Gasteiger partial charge is 0.508 e. The number of amides is 9. The Bertz CT molecular complexity index is 2350. The molecule has 2 aliphatic heterocycles. The maximum Gasteiger partial charge on any atom is 0.326 e. The number of carbonyl (C=O) groups excluding carboxylic acids is 9. The Morgan fingerprint density at radius 2 is 1.16 bits per heavy atom. The molecule has 0 unspecified atom stereocenters. The Morgan fingerprint density at radius 1 is 0.649 bits per heavy atom. The normalized spacial score (nSPS) is 17.7. The molecule has 9 amide bonds. The molecule has 0 saturated carbocycles. The van der Waals surface area contributed by atoms with Crippen molar-refractivity contribution < 1.29 is 68.1 Å². The fourth-order valence-corrected chi connectivity index (χ4v) is 8.65. The molecule has 2 fully saturated rings. The summed E-state index contributed by atoms with van der Waals surface area (Å²) >= 11 is 0. The average molecular weight is 1040 g/mol. The van der Waals surface area contributed by atoms with Gasteiger partial charge in [-0.3, -0.25) is 47.9 Å². The lowest BCUT2D eigenvalue weighted by atomic mass is 9.99. The number of benzene rings is 2. The quantitative estimate of drug-likeness (QED) is 0.0488. The Labute approximate surface area is 428 Å². The third kappa shape index (κ3) is 17.8. The Kier molecular flexibility index (Phi) is 22.3. The van der Waals surface area contributed by atoms with Crippen LogP contribution in [0, 0.1) is 11.8 Å². The first-order valence-corrected chi connectivity index (χ1v) is 24.6. The van der Waals surface area contributed by atoms with Crippen molar-refractivity contribution in [2.45, 2.75) is 140 Å². The van der Waals surface area contributed by atoms with Gasteiger partial charge >= 0.3 is 11.9 Å². The molecule has 4 rings (SSSR count). The maximum atomic E-state index is 14.3. The predicted molar refractivity (Wildman–Crippen MR) is 265 cm³/mol. The summed E-state index contributed by atoms with van der Waals surface area (Å²) in [6.07, 6.45) is -0.417. The fraction of sp³-hybridized carbons (Fsp3) is 0.540. The summed E-state index contributed by atoms with van der Waals surface area (Å²) in [6.45, 7) is 6.91. The molecule has 0 bridgehead atoms. The summed E-state index contributed by atoms with van der Waals surface area (Å²) in [5.41, 5.74) is 12.3. The van der Waals surface area contributed by atoms with E-state index >= 15 is 0 Å². The number of likely N-dealkylation sites (tertiary alicyclic amines) is 2. The molecule has 74 heavy (non-hydrogen) atoms.